The van der Waals surface area contributed by atoms with Crippen molar-refractivity contribution in [3.63, 3.8) is 0 Å². The molecule has 0 aliphatic carbocycles. The molecule has 4 rings (SSSR count). The van der Waals surface area contributed by atoms with E-state index in [2.05, 4.69) is 9.71 Å². The normalized spacial score (nSPS) is 16.8. The van der Waals surface area contributed by atoms with E-state index < -0.39 is 21.8 Å². The maximum absolute atomic E-state index is 13.1. The fourth-order valence-corrected chi connectivity index (χ4v) is 5.01. The molecule has 28 heavy (non-hydrogen) atoms. The molecule has 1 aliphatic heterocycles. The van der Waals surface area contributed by atoms with Crippen LogP contribution in [0.4, 0.5) is 4.39 Å². The average molecular weight is 403 g/mol. The molecule has 0 radical (unpaired) electrons. The summed E-state index contributed by atoms with van der Waals surface area (Å²) in [6.45, 7) is 0.350. The minimum atomic E-state index is -3.79. The molecule has 1 unspecified atom stereocenters. The first-order valence-corrected chi connectivity index (χ1v) is 10.3. The van der Waals surface area contributed by atoms with Gasteiger partial charge >= 0.3 is 5.97 Å². The molecule has 0 bridgehead atoms. The lowest BCUT2D eigenvalue weighted by Gasteiger charge is -2.26. The van der Waals surface area contributed by atoms with Gasteiger partial charge in [0.2, 0.25) is 10.0 Å². The fraction of sp³-hybridized carbons (Fsp3) is 0.263. The van der Waals surface area contributed by atoms with Gasteiger partial charge in [-0.1, -0.05) is 0 Å². The second-order valence-electron chi connectivity index (χ2n) is 6.79. The van der Waals surface area contributed by atoms with E-state index in [0.717, 1.165) is 28.8 Å². The van der Waals surface area contributed by atoms with Crippen molar-refractivity contribution in [3.05, 3.63) is 59.7 Å². The molecule has 1 aliphatic rings. The second-order valence-corrected chi connectivity index (χ2v) is 8.51. The Morgan fingerprint density at radius 3 is 2.75 bits per heavy atom. The number of carboxylic acid groups (broad SMARTS) is 1. The molecule has 0 fully saturated rings. The first kappa shape index (κ1) is 18.6. The Hall–Kier alpha value is -2.78. The van der Waals surface area contributed by atoms with Gasteiger partial charge in [-0.15, -0.1) is 0 Å². The number of sulfonamides is 1. The largest absolute Gasteiger partial charge is 0.481 e. The van der Waals surface area contributed by atoms with Gasteiger partial charge in [0.05, 0.1) is 11.3 Å². The van der Waals surface area contributed by atoms with Crippen LogP contribution in [0.5, 0.6) is 0 Å². The van der Waals surface area contributed by atoms with Crippen molar-refractivity contribution in [2.45, 2.75) is 36.7 Å². The number of benzene rings is 1. The van der Waals surface area contributed by atoms with E-state index >= 15 is 0 Å². The van der Waals surface area contributed by atoms with Gasteiger partial charge in [-0.25, -0.2) is 22.5 Å². The van der Waals surface area contributed by atoms with Gasteiger partial charge in [-0.05, 0) is 54.8 Å². The van der Waals surface area contributed by atoms with E-state index in [4.69, 9.17) is 0 Å². The van der Waals surface area contributed by atoms with Gasteiger partial charge < -0.3 is 9.67 Å². The summed E-state index contributed by atoms with van der Waals surface area (Å²) in [6, 6.07) is 7.88. The van der Waals surface area contributed by atoms with Gasteiger partial charge in [0.15, 0.2) is 0 Å². The zero-order valence-electron chi connectivity index (χ0n) is 14.8. The molecule has 146 valence electrons. The van der Waals surface area contributed by atoms with E-state index in [1.165, 1.54) is 12.1 Å². The zero-order chi connectivity index (χ0) is 19.9. The van der Waals surface area contributed by atoms with Crippen LogP contribution >= 0.6 is 0 Å². The first-order chi connectivity index (χ1) is 13.3. The predicted molar refractivity (Wildman–Crippen MR) is 99.9 cm³/mol. The Morgan fingerprint density at radius 2 is 2.04 bits per heavy atom. The van der Waals surface area contributed by atoms with Crippen LogP contribution in [0.15, 0.2) is 47.5 Å². The van der Waals surface area contributed by atoms with Crippen LogP contribution in [0.25, 0.3) is 11.0 Å². The Kier molecular flexibility index (Phi) is 4.64. The van der Waals surface area contributed by atoms with E-state index in [0.29, 0.717) is 25.0 Å². The van der Waals surface area contributed by atoms with Crippen molar-refractivity contribution < 1.29 is 22.7 Å². The fourth-order valence-electron chi connectivity index (χ4n) is 3.74. The number of rotatable bonds is 5. The molecule has 3 aromatic rings. The third kappa shape index (κ3) is 3.38. The van der Waals surface area contributed by atoms with Crippen LogP contribution < -0.4 is 4.72 Å². The number of halogens is 1. The number of pyridine rings is 1. The molecule has 3 heterocycles. The Morgan fingerprint density at radius 1 is 1.29 bits per heavy atom. The molecule has 0 spiro atoms. The Labute approximate surface area is 160 Å². The molecule has 0 saturated carbocycles. The number of hydrogen-bond acceptors (Lipinski definition) is 4. The van der Waals surface area contributed by atoms with E-state index in [1.807, 2.05) is 10.6 Å². The molecule has 9 heteroatoms. The summed E-state index contributed by atoms with van der Waals surface area (Å²) in [4.78, 5) is 15.7. The van der Waals surface area contributed by atoms with Crippen LogP contribution in [0.3, 0.4) is 0 Å². The summed E-state index contributed by atoms with van der Waals surface area (Å²) in [5.74, 6) is -1.42. The zero-order valence-corrected chi connectivity index (χ0v) is 15.6. The molecule has 2 N–H and O–H groups in total. The molecule has 1 atom stereocenters. The topological polar surface area (TPSA) is 101 Å². The quantitative estimate of drug-likeness (QED) is 0.679. The number of fused-ring (bicyclic) bond motifs is 3. The minimum absolute atomic E-state index is 0.00162. The van der Waals surface area contributed by atoms with Crippen molar-refractivity contribution in [1.29, 1.82) is 0 Å². The van der Waals surface area contributed by atoms with Crippen molar-refractivity contribution >= 4 is 27.0 Å². The predicted octanol–water partition coefficient (Wildman–Crippen LogP) is 2.10. The highest BCUT2D eigenvalue weighted by Gasteiger charge is 2.29. The van der Waals surface area contributed by atoms with Crippen LogP contribution in [0.1, 0.15) is 17.7 Å². The summed E-state index contributed by atoms with van der Waals surface area (Å²) in [5.41, 5.74) is 2.27. The van der Waals surface area contributed by atoms with Crippen LogP contribution in [0, 0.1) is 5.82 Å². The van der Waals surface area contributed by atoms with Gasteiger partial charge in [0.25, 0.3) is 0 Å². The summed E-state index contributed by atoms with van der Waals surface area (Å²) in [5, 5.41) is 10.0. The van der Waals surface area contributed by atoms with Crippen molar-refractivity contribution in [2.24, 2.45) is 0 Å². The first-order valence-electron chi connectivity index (χ1n) is 8.80. The van der Waals surface area contributed by atoms with Gasteiger partial charge in [0, 0.05) is 29.9 Å². The van der Waals surface area contributed by atoms with Crippen molar-refractivity contribution in [1.82, 2.24) is 14.3 Å². The molecule has 0 saturated heterocycles. The maximum atomic E-state index is 13.1. The minimum Gasteiger partial charge on any atom is -0.481 e. The highest BCUT2D eigenvalue weighted by atomic mass is 32.2. The van der Waals surface area contributed by atoms with Gasteiger partial charge in [-0.3, -0.25) is 4.79 Å². The third-order valence-electron chi connectivity index (χ3n) is 4.95. The number of nitrogens with zero attached hydrogens (tertiary/aromatic N) is 2. The van der Waals surface area contributed by atoms with Gasteiger partial charge in [0.1, 0.15) is 11.5 Å². The number of nitrogens with one attached hydrogen (secondary N) is 1. The number of aromatic nitrogens is 2. The highest BCUT2D eigenvalue weighted by Crippen LogP contribution is 2.30. The number of aliphatic carboxylic acids is 1. The second kappa shape index (κ2) is 6.99. The van der Waals surface area contributed by atoms with Crippen LogP contribution in [-0.2, 0) is 34.2 Å². The van der Waals surface area contributed by atoms with Gasteiger partial charge in [-0.2, -0.15) is 0 Å². The number of carbonyl (C=O) groups is 1. The van der Waals surface area contributed by atoms with Crippen molar-refractivity contribution in [2.75, 3.05) is 0 Å². The summed E-state index contributed by atoms with van der Waals surface area (Å²) >= 11 is 0. The summed E-state index contributed by atoms with van der Waals surface area (Å²) in [7, 11) is -3.79. The maximum Gasteiger partial charge on any atom is 0.307 e. The smallest absolute Gasteiger partial charge is 0.307 e. The average Bonchev–Trinajstić information content (AvgIpc) is 2.95. The number of hydrogen-bond donors (Lipinski definition) is 2. The lowest BCUT2D eigenvalue weighted by molar-refractivity contribution is -0.136. The monoisotopic (exact) mass is 403 g/mol. The molecule has 7 nitrogen and oxygen atoms in total. The third-order valence-corrected chi connectivity index (χ3v) is 6.48. The lowest BCUT2D eigenvalue weighted by Crippen LogP contribution is -2.41. The SMILES string of the molecule is O=C(O)Cc1c2n(c3ncccc13)CC(NS(=O)(=O)c1ccc(F)cc1)CC2. The molecule has 1 aromatic carbocycles. The number of carboxylic acids is 1. The van der Waals surface area contributed by atoms with Crippen molar-refractivity contribution in [3.8, 4) is 0 Å². The van der Waals surface area contributed by atoms with E-state index in [-0.39, 0.29) is 17.4 Å². The van der Waals surface area contributed by atoms with E-state index in [1.54, 1.807) is 12.3 Å². The Balaban J connectivity index is 1.65. The Bertz CT molecular complexity index is 1160. The molecule has 2 aromatic heterocycles. The lowest BCUT2D eigenvalue weighted by atomic mass is 10.0. The van der Waals surface area contributed by atoms with E-state index in [9.17, 15) is 22.7 Å². The standard InChI is InChI=1S/C19H18FN3O4S/c20-12-3-6-14(7-4-12)28(26,27)22-13-5-8-17-16(10-18(24)25)15-2-1-9-21-19(15)23(17)11-13/h1-4,6-7,9,13,22H,5,8,10-11H2,(H,24,25). The molecular weight excluding hydrogens is 385 g/mol. The highest BCUT2D eigenvalue weighted by molar-refractivity contribution is 7.89. The molecule has 0 amide bonds. The molecular formula is C19H18FN3O4S. The van der Waals surface area contributed by atoms with Crippen LogP contribution in [0.2, 0.25) is 0 Å². The van der Waals surface area contributed by atoms with Crippen LogP contribution in [-0.4, -0.2) is 35.1 Å². The summed E-state index contributed by atoms with van der Waals surface area (Å²) < 4.78 is 42.8. The summed E-state index contributed by atoms with van der Waals surface area (Å²) in [6.07, 6.45) is 2.60.